The number of benzene rings is 2. The van der Waals surface area contributed by atoms with Crippen molar-refractivity contribution in [3.05, 3.63) is 98.5 Å². The van der Waals surface area contributed by atoms with E-state index in [0.717, 1.165) is 16.7 Å². The summed E-state index contributed by atoms with van der Waals surface area (Å²) in [6.45, 7) is 0.917. The summed E-state index contributed by atoms with van der Waals surface area (Å²) >= 11 is 1.18. The number of hydrogen-bond acceptors (Lipinski definition) is 8. The van der Waals surface area contributed by atoms with Crippen LogP contribution in [0.1, 0.15) is 11.1 Å². The molecule has 3 heterocycles. The smallest absolute Gasteiger partial charge is 0.332 e. The van der Waals surface area contributed by atoms with E-state index in [1.807, 2.05) is 11.9 Å². The molecule has 0 saturated carbocycles. The minimum atomic E-state index is -0.808. The first-order chi connectivity index (χ1) is 21.2. The number of fused-ring (bicyclic) bond motifs is 1. The molecule has 0 spiro atoms. The van der Waals surface area contributed by atoms with E-state index in [9.17, 15) is 23.2 Å². The van der Waals surface area contributed by atoms with Crippen LogP contribution in [0, 0.1) is 11.6 Å². The highest BCUT2D eigenvalue weighted by atomic mass is 32.1. The first kappa shape index (κ1) is 30.7. The molecule has 0 aliphatic heterocycles. The fourth-order valence-electron chi connectivity index (χ4n) is 4.87. The molecule has 0 aliphatic carbocycles. The zero-order valence-electron chi connectivity index (χ0n) is 24.0. The molecule has 0 unspecified atom stereocenters. The van der Waals surface area contributed by atoms with Gasteiger partial charge < -0.3 is 15.8 Å². The number of halogens is 2. The van der Waals surface area contributed by atoms with Crippen LogP contribution in [-0.4, -0.2) is 62.4 Å². The summed E-state index contributed by atoms with van der Waals surface area (Å²) in [5, 5.41) is 10.9. The molecule has 5 rings (SSSR count). The van der Waals surface area contributed by atoms with Gasteiger partial charge >= 0.3 is 11.7 Å². The Kier molecular flexibility index (Phi) is 9.27. The zero-order chi connectivity index (χ0) is 31.4. The second-order valence-electron chi connectivity index (χ2n) is 10.0. The van der Waals surface area contributed by atoms with Crippen molar-refractivity contribution in [2.24, 2.45) is 5.73 Å². The lowest BCUT2D eigenvalue weighted by Crippen LogP contribution is -2.41. The van der Waals surface area contributed by atoms with Crippen LogP contribution in [0.5, 0.6) is 0 Å². The van der Waals surface area contributed by atoms with E-state index >= 15 is 0 Å². The number of hydrogen-bond donors (Lipinski definition) is 2. The van der Waals surface area contributed by atoms with Gasteiger partial charge in [-0.3, -0.25) is 18.8 Å². The molecule has 0 bridgehead atoms. The number of anilines is 1. The van der Waals surface area contributed by atoms with Gasteiger partial charge in [-0.2, -0.15) is 15.0 Å². The summed E-state index contributed by atoms with van der Waals surface area (Å²) < 4.78 is 37.2. The average Bonchev–Trinajstić information content (AvgIpc) is 3.64. The third-order valence-electron chi connectivity index (χ3n) is 7.04. The fourth-order valence-corrected chi connectivity index (χ4v) is 6.17. The molecule has 5 aromatic rings. The van der Waals surface area contributed by atoms with Crippen LogP contribution in [0.4, 0.5) is 19.3 Å². The van der Waals surface area contributed by atoms with Gasteiger partial charge in [-0.1, -0.05) is 18.2 Å². The molecule has 44 heavy (non-hydrogen) atoms. The number of likely N-dealkylation sites (N-methyl/N-ethyl adjacent to an activating group) is 1. The first-order valence-corrected chi connectivity index (χ1v) is 14.4. The summed E-state index contributed by atoms with van der Waals surface area (Å²) in [7, 11) is 3.47. The van der Waals surface area contributed by atoms with Crippen molar-refractivity contribution < 1.29 is 18.3 Å². The molecule has 3 aromatic heterocycles. The van der Waals surface area contributed by atoms with Crippen molar-refractivity contribution in [2.75, 3.05) is 32.6 Å². The predicted octanol–water partition coefficient (Wildman–Crippen LogP) is 3.08. The maximum Gasteiger partial charge on any atom is 0.332 e. The molecular weight excluding hydrogens is 594 g/mol. The van der Waals surface area contributed by atoms with E-state index in [0.29, 0.717) is 41.4 Å². The highest BCUT2D eigenvalue weighted by molar-refractivity contribution is 7.22. The number of amides is 2. The minimum Gasteiger partial charge on any atom is -0.383 e. The van der Waals surface area contributed by atoms with Gasteiger partial charge in [0.1, 0.15) is 16.5 Å². The van der Waals surface area contributed by atoms with Gasteiger partial charge in [-0.15, -0.1) is 11.3 Å². The quantitative estimate of drug-likeness (QED) is 0.217. The molecule has 0 fully saturated rings. The van der Waals surface area contributed by atoms with Gasteiger partial charge in [0.15, 0.2) is 0 Å². The number of primary amides is 1. The molecule has 12 nitrogen and oxygen atoms in total. The Hall–Kier alpha value is -4.73. The second-order valence-corrected chi connectivity index (χ2v) is 11.0. The van der Waals surface area contributed by atoms with Crippen molar-refractivity contribution in [1.82, 2.24) is 29.0 Å². The number of aryl methyl sites for hydroxylation is 1. The first-order valence-electron chi connectivity index (χ1n) is 13.6. The lowest BCUT2D eigenvalue weighted by atomic mass is 10.1. The van der Waals surface area contributed by atoms with Crippen molar-refractivity contribution in [3.8, 4) is 10.4 Å². The normalized spacial score (nSPS) is 11.5. The van der Waals surface area contributed by atoms with Gasteiger partial charge in [0, 0.05) is 36.3 Å². The maximum absolute atomic E-state index is 14.9. The molecule has 230 valence electrons. The molecule has 0 radical (unpaired) electrons. The van der Waals surface area contributed by atoms with Gasteiger partial charge in [0.2, 0.25) is 0 Å². The summed E-state index contributed by atoms with van der Waals surface area (Å²) in [5.74, 6) is -1.62. The fraction of sp³-hybridized carbons (Fsp3) is 0.276. The minimum absolute atomic E-state index is 0.0698. The molecule has 15 heteroatoms. The van der Waals surface area contributed by atoms with Crippen molar-refractivity contribution in [3.63, 3.8) is 0 Å². The predicted molar refractivity (Wildman–Crippen MR) is 163 cm³/mol. The number of urea groups is 1. The van der Waals surface area contributed by atoms with Crippen LogP contribution in [-0.2, 0) is 30.9 Å². The summed E-state index contributed by atoms with van der Waals surface area (Å²) in [6, 6.07) is 9.63. The third kappa shape index (κ3) is 6.44. The monoisotopic (exact) mass is 624 g/mol. The molecule has 3 N–H and O–H groups in total. The molecule has 2 aromatic carbocycles. The van der Waals surface area contributed by atoms with Crippen LogP contribution < -0.4 is 22.3 Å². The third-order valence-corrected chi connectivity index (χ3v) is 8.35. The maximum atomic E-state index is 14.9. The number of rotatable bonds is 12. The van der Waals surface area contributed by atoms with E-state index in [1.54, 1.807) is 31.4 Å². The summed E-state index contributed by atoms with van der Waals surface area (Å²) in [4.78, 5) is 43.7. The van der Waals surface area contributed by atoms with E-state index in [2.05, 4.69) is 15.5 Å². The number of carbonyl (C=O) groups excluding carboxylic acids is 1. The van der Waals surface area contributed by atoms with Crippen LogP contribution in [0.15, 0.2) is 64.4 Å². The van der Waals surface area contributed by atoms with Crippen LogP contribution in [0.25, 0.3) is 20.7 Å². The Morgan fingerprint density at radius 1 is 1.02 bits per heavy atom. The number of thiophene rings is 1. The van der Waals surface area contributed by atoms with E-state index in [-0.39, 0.29) is 28.9 Å². The average molecular weight is 625 g/mol. The van der Waals surface area contributed by atoms with Gasteiger partial charge in [-0.25, -0.2) is 18.4 Å². The number of aromatic nitrogens is 5. The molecular formula is C29H30F2N8O4S. The highest BCUT2D eigenvalue weighted by Gasteiger charge is 2.25. The number of nitrogens with one attached hydrogen (secondary N) is 1. The molecule has 2 amide bonds. The van der Waals surface area contributed by atoms with Gasteiger partial charge in [0.05, 0.1) is 44.0 Å². The topological polar surface area (TPSA) is 142 Å². The van der Waals surface area contributed by atoms with E-state index in [1.165, 1.54) is 39.2 Å². The Morgan fingerprint density at radius 3 is 2.34 bits per heavy atom. The van der Waals surface area contributed by atoms with E-state index in [4.69, 9.17) is 10.5 Å². The zero-order valence-corrected chi connectivity index (χ0v) is 24.8. The molecule has 0 atom stereocenters. The molecule has 0 aliphatic rings. The highest BCUT2D eigenvalue weighted by Crippen LogP contribution is 2.38. The Balaban J connectivity index is 1.75. The number of nitrogens with zero attached hydrogens (tertiary/aromatic N) is 6. The van der Waals surface area contributed by atoms with Crippen LogP contribution >= 0.6 is 11.3 Å². The lowest BCUT2D eigenvalue weighted by molar-refractivity contribution is 0.159. The number of ether oxygens (including phenoxy) is 1. The Labute approximate surface area is 253 Å². The number of carbonyl (C=O) groups is 1. The van der Waals surface area contributed by atoms with E-state index < -0.39 is 35.5 Å². The van der Waals surface area contributed by atoms with Crippen molar-refractivity contribution in [1.29, 1.82) is 0 Å². The van der Waals surface area contributed by atoms with Crippen molar-refractivity contribution in [2.45, 2.75) is 26.2 Å². The van der Waals surface area contributed by atoms with Crippen molar-refractivity contribution >= 4 is 33.3 Å². The largest absolute Gasteiger partial charge is 0.383 e. The second kappa shape index (κ2) is 13.3. The number of nitrogens with two attached hydrogens (primary N) is 1. The Bertz CT molecular complexity index is 1880. The lowest BCUT2D eigenvalue weighted by Gasteiger charge is -2.18. The SMILES string of the molecule is COCCN(C)Cc1c(-c2ccc(NC(N)=O)cc2)sc2c1c(=O)n(CCn1nccn1)c(=O)n2Cc1c(F)cccc1F. The summed E-state index contributed by atoms with van der Waals surface area (Å²) in [6.07, 6.45) is 2.96. The van der Waals surface area contributed by atoms with Crippen LogP contribution in [0.2, 0.25) is 0 Å². The Morgan fingerprint density at radius 2 is 1.70 bits per heavy atom. The van der Waals surface area contributed by atoms with Gasteiger partial charge in [0.25, 0.3) is 5.56 Å². The standard InChI is InChI=1S/C29H30F2N8O4S/c1-36(14-15-43-2)16-21-24-26(40)37(12-13-39-33-10-11-34-39)29(42)38(17-20-22(30)4-3-5-23(20)31)27(24)44-25(21)18-6-8-19(9-7-18)35-28(32)41/h3-11H,12-17H2,1-2H3,(H3,32,35,41). The van der Waals surface area contributed by atoms with Gasteiger partial charge in [-0.05, 0) is 42.4 Å². The number of methoxy groups -OCH3 is 1. The van der Waals surface area contributed by atoms with Crippen LogP contribution in [0.3, 0.4) is 0 Å². The molecule has 0 saturated heterocycles. The summed E-state index contributed by atoms with van der Waals surface area (Å²) in [5.41, 5.74) is 5.52.